The third kappa shape index (κ3) is 3.97. The maximum Gasteiger partial charge on any atom is 0.0789 e. The summed E-state index contributed by atoms with van der Waals surface area (Å²) in [4.78, 5) is 2.42. The molecule has 0 aromatic heterocycles. The van der Waals surface area contributed by atoms with E-state index in [1.54, 1.807) is 0 Å². The Bertz CT molecular complexity index is 423. The van der Waals surface area contributed by atoms with Gasteiger partial charge in [-0.15, -0.1) is 0 Å². The smallest absolute Gasteiger partial charge is 0.0789 e. The topological polar surface area (TPSA) is 38.5 Å². The Labute approximate surface area is 123 Å². The lowest BCUT2D eigenvalue weighted by Gasteiger charge is -2.34. The molecule has 0 radical (unpaired) electrons. The second-order valence-corrected chi connectivity index (χ2v) is 6.03. The Kier molecular flexibility index (Phi) is 5.44. The van der Waals surface area contributed by atoms with Crippen LogP contribution >= 0.6 is 0 Å². The summed E-state index contributed by atoms with van der Waals surface area (Å²) in [5.74, 6) is 0. The lowest BCUT2D eigenvalue weighted by Crippen LogP contribution is -2.37. The molecule has 1 aliphatic carbocycles. The average molecular weight is 276 g/mol. The van der Waals surface area contributed by atoms with Gasteiger partial charge in [-0.25, -0.2) is 0 Å². The van der Waals surface area contributed by atoms with Crippen molar-refractivity contribution in [1.82, 2.24) is 4.90 Å². The molecule has 0 aromatic carbocycles. The van der Waals surface area contributed by atoms with Crippen LogP contribution in [0.3, 0.4) is 0 Å². The van der Waals surface area contributed by atoms with E-state index < -0.39 is 0 Å². The van der Waals surface area contributed by atoms with Crippen LogP contribution in [-0.4, -0.2) is 36.7 Å². The van der Waals surface area contributed by atoms with Crippen molar-refractivity contribution in [3.8, 4) is 0 Å². The SMILES string of the molecule is CCCN1C[C@H](OCC2=CC=C(C)CC2N)CC=C1C. The summed E-state index contributed by atoms with van der Waals surface area (Å²) in [6.45, 7) is 9.34. The standard InChI is InChI=1S/C17H28N2O/c1-4-9-19-11-16(8-6-14(19)3)20-12-15-7-5-13(2)10-17(15)18/h5-7,16-17H,4,8-12,18H2,1-3H3/t16-,17?/m1/s1. The van der Waals surface area contributed by atoms with Crippen LogP contribution in [0.25, 0.3) is 0 Å². The van der Waals surface area contributed by atoms with E-state index in [-0.39, 0.29) is 6.04 Å². The van der Waals surface area contributed by atoms with E-state index in [2.05, 4.69) is 43.9 Å². The molecule has 112 valence electrons. The maximum absolute atomic E-state index is 6.17. The Morgan fingerprint density at radius 3 is 2.85 bits per heavy atom. The van der Waals surface area contributed by atoms with Crippen LogP contribution in [0, 0.1) is 0 Å². The second kappa shape index (κ2) is 7.09. The van der Waals surface area contributed by atoms with Crippen molar-refractivity contribution < 1.29 is 4.74 Å². The zero-order valence-electron chi connectivity index (χ0n) is 13.1. The zero-order valence-corrected chi connectivity index (χ0v) is 13.1. The number of nitrogens with two attached hydrogens (primary N) is 1. The zero-order chi connectivity index (χ0) is 14.5. The molecule has 1 heterocycles. The van der Waals surface area contributed by atoms with E-state index in [0.29, 0.717) is 12.7 Å². The van der Waals surface area contributed by atoms with E-state index in [1.165, 1.54) is 23.3 Å². The number of ether oxygens (including phenoxy) is 1. The minimum absolute atomic E-state index is 0.132. The van der Waals surface area contributed by atoms with Crippen molar-refractivity contribution in [2.45, 2.75) is 52.2 Å². The fourth-order valence-electron chi connectivity index (χ4n) is 2.84. The van der Waals surface area contributed by atoms with Gasteiger partial charge in [0, 0.05) is 24.8 Å². The van der Waals surface area contributed by atoms with Crippen molar-refractivity contribution in [1.29, 1.82) is 0 Å². The molecular weight excluding hydrogens is 248 g/mol. The van der Waals surface area contributed by atoms with Gasteiger partial charge in [0.15, 0.2) is 0 Å². The van der Waals surface area contributed by atoms with Crippen LogP contribution in [0.1, 0.15) is 40.0 Å². The molecule has 3 nitrogen and oxygen atoms in total. The summed E-state index contributed by atoms with van der Waals surface area (Å²) in [6, 6.07) is 0.132. The van der Waals surface area contributed by atoms with Gasteiger partial charge in [-0.05, 0) is 38.7 Å². The van der Waals surface area contributed by atoms with Gasteiger partial charge >= 0.3 is 0 Å². The predicted molar refractivity (Wildman–Crippen MR) is 84.4 cm³/mol. The molecule has 1 unspecified atom stereocenters. The molecule has 2 atom stereocenters. The van der Waals surface area contributed by atoms with Crippen LogP contribution < -0.4 is 5.73 Å². The summed E-state index contributed by atoms with van der Waals surface area (Å²) < 4.78 is 6.09. The predicted octanol–water partition coefficient (Wildman–Crippen LogP) is 2.99. The van der Waals surface area contributed by atoms with Crippen LogP contribution in [0.2, 0.25) is 0 Å². The van der Waals surface area contributed by atoms with Gasteiger partial charge in [0.05, 0.1) is 12.7 Å². The fourth-order valence-corrected chi connectivity index (χ4v) is 2.84. The molecule has 0 spiro atoms. The van der Waals surface area contributed by atoms with Crippen molar-refractivity contribution in [2.75, 3.05) is 19.7 Å². The number of hydrogen-bond acceptors (Lipinski definition) is 3. The Morgan fingerprint density at radius 2 is 2.15 bits per heavy atom. The fraction of sp³-hybridized carbons (Fsp3) is 0.647. The highest BCUT2D eigenvalue weighted by Gasteiger charge is 2.20. The highest BCUT2D eigenvalue weighted by Crippen LogP contribution is 2.21. The molecule has 3 heteroatoms. The summed E-state index contributed by atoms with van der Waals surface area (Å²) in [7, 11) is 0. The van der Waals surface area contributed by atoms with Gasteiger partial charge in [-0.2, -0.15) is 0 Å². The normalized spacial score (nSPS) is 27.0. The van der Waals surface area contributed by atoms with E-state index in [9.17, 15) is 0 Å². The van der Waals surface area contributed by atoms with Gasteiger partial charge in [0.2, 0.25) is 0 Å². The molecule has 0 saturated carbocycles. The van der Waals surface area contributed by atoms with E-state index in [0.717, 1.165) is 25.9 Å². The lowest BCUT2D eigenvalue weighted by molar-refractivity contribution is 0.0395. The maximum atomic E-state index is 6.17. The molecule has 0 bridgehead atoms. The molecule has 20 heavy (non-hydrogen) atoms. The van der Waals surface area contributed by atoms with E-state index in [4.69, 9.17) is 10.5 Å². The molecule has 0 amide bonds. The summed E-state index contributed by atoms with van der Waals surface area (Å²) in [5, 5.41) is 0. The Hall–Kier alpha value is -1.06. The third-order valence-electron chi connectivity index (χ3n) is 4.18. The summed E-state index contributed by atoms with van der Waals surface area (Å²) in [6.07, 6.45) is 10.0. The highest BCUT2D eigenvalue weighted by molar-refractivity contribution is 5.28. The van der Waals surface area contributed by atoms with Crippen molar-refractivity contribution >= 4 is 0 Å². The molecule has 2 aliphatic rings. The Balaban J connectivity index is 1.86. The number of nitrogens with zero attached hydrogens (tertiary/aromatic N) is 1. The van der Waals surface area contributed by atoms with Gasteiger partial charge in [0.1, 0.15) is 0 Å². The van der Waals surface area contributed by atoms with E-state index in [1.807, 2.05) is 0 Å². The van der Waals surface area contributed by atoms with Crippen LogP contribution in [0.5, 0.6) is 0 Å². The highest BCUT2D eigenvalue weighted by atomic mass is 16.5. The monoisotopic (exact) mass is 276 g/mol. The van der Waals surface area contributed by atoms with Crippen LogP contribution in [-0.2, 0) is 4.74 Å². The first-order valence-corrected chi connectivity index (χ1v) is 7.75. The van der Waals surface area contributed by atoms with Crippen molar-refractivity contribution in [3.63, 3.8) is 0 Å². The summed E-state index contributed by atoms with van der Waals surface area (Å²) in [5.41, 5.74) is 10.1. The van der Waals surface area contributed by atoms with Gasteiger partial charge in [-0.1, -0.05) is 30.7 Å². The van der Waals surface area contributed by atoms with Gasteiger partial charge in [0.25, 0.3) is 0 Å². The Morgan fingerprint density at radius 1 is 1.35 bits per heavy atom. The molecular formula is C17H28N2O. The number of rotatable bonds is 5. The van der Waals surface area contributed by atoms with Crippen LogP contribution in [0.15, 0.2) is 35.1 Å². The molecule has 1 aliphatic heterocycles. The molecule has 2 N–H and O–H groups in total. The third-order valence-corrected chi connectivity index (χ3v) is 4.18. The number of allylic oxidation sites excluding steroid dienone is 3. The van der Waals surface area contributed by atoms with E-state index >= 15 is 0 Å². The van der Waals surface area contributed by atoms with Crippen LogP contribution in [0.4, 0.5) is 0 Å². The van der Waals surface area contributed by atoms with Gasteiger partial charge in [-0.3, -0.25) is 0 Å². The molecule has 0 saturated heterocycles. The quantitative estimate of drug-likeness (QED) is 0.839. The minimum atomic E-state index is 0.132. The first-order chi connectivity index (χ1) is 9.60. The first-order valence-electron chi connectivity index (χ1n) is 7.75. The van der Waals surface area contributed by atoms with Gasteiger partial charge < -0.3 is 15.4 Å². The molecule has 0 aromatic rings. The minimum Gasteiger partial charge on any atom is -0.373 e. The number of hydrogen-bond donors (Lipinski definition) is 1. The average Bonchev–Trinajstić information content (AvgIpc) is 2.41. The molecule has 0 fully saturated rings. The molecule has 2 rings (SSSR count). The largest absolute Gasteiger partial charge is 0.373 e. The first kappa shape index (κ1) is 15.3. The summed E-state index contributed by atoms with van der Waals surface area (Å²) >= 11 is 0. The second-order valence-electron chi connectivity index (χ2n) is 6.03. The lowest BCUT2D eigenvalue weighted by atomic mass is 9.95. The van der Waals surface area contributed by atoms with Crippen molar-refractivity contribution in [2.24, 2.45) is 5.73 Å². The van der Waals surface area contributed by atoms with Crippen molar-refractivity contribution in [3.05, 3.63) is 35.1 Å².